The van der Waals surface area contributed by atoms with Crippen molar-refractivity contribution in [2.24, 2.45) is 14.1 Å². The molecule has 104 valence electrons. The van der Waals surface area contributed by atoms with Gasteiger partial charge in [-0.3, -0.25) is 13.9 Å². The average Bonchev–Trinajstić information content (AvgIpc) is 2.44. The molecule has 1 aromatic heterocycles. The van der Waals surface area contributed by atoms with Crippen LogP contribution in [0.2, 0.25) is 0 Å². The first-order valence-electron chi connectivity index (χ1n) is 5.85. The lowest BCUT2D eigenvalue weighted by Crippen LogP contribution is -2.42. The number of anilines is 2. The number of hydrogen-bond donors (Lipinski definition) is 2. The summed E-state index contributed by atoms with van der Waals surface area (Å²) in [7, 11) is 2.88. The zero-order valence-electron chi connectivity index (χ0n) is 11.1. The van der Waals surface area contributed by atoms with E-state index in [2.05, 4.69) is 5.32 Å². The lowest BCUT2D eigenvalue weighted by atomic mass is 10.2. The standard InChI is InChI=1S/C13H14N4O2S/c1-16-10(14)9(12(18)17(2)13(16)19)11(20)15-8-6-4-3-5-7-8/h3-7H,14H2,1-2H3,(H,15,20). The van der Waals surface area contributed by atoms with Gasteiger partial charge in [0.15, 0.2) is 0 Å². The molecular weight excluding hydrogens is 276 g/mol. The molecule has 3 N–H and O–H groups in total. The van der Waals surface area contributed by atoms with E-state index in [0.717, 1.165) is 10.3 Å². The number of nitrogens with zero attached hydrogens (tertiary/aromatic N) is 2. The van der Waals surface area contributed by atoms with Crippen LogP contribution in [0.5, 0.6) is 0 Å². The topological polar surface area (TPSA) is 82.0 Å². The van der Waals surface area contributed by atoms with Crippen molar-refractivity contribution in [1.29, 1.82) is 0 Å². The van der Waals surface area contributed by atoms with Crippen LogP contribution in [0.15, 0.2) is 39.9 Å². The van der Waals surface area contributed by atoms with E-state index in [1.54, 1.807) is 0 Å². The van der Waals surface area contributed by atoms with E-state index in [-0.39, 0.29) is 16.4 Å². The highest BCUT2D eigenvalue weighted by Gasteiger charge is 2.17. The summed E-state index contributed by atoms with van der Waals surface area (Å²) in [5, 5.41) is 2.94. The maximum absolute atomic E-state index is 12.1. The predicted octanol–water partition coefficient (Wildman–Crippen LogP) is 0.454. The normalized spacial score (nSPS) is 10.3. The number of rotatable bonds is 2. The number of hydrogen-bond acceptors (Lipinski definition) is 4. The second-order valence-corrected chi connectivity index (χ2v) is 4.69. The molecule has 1 aromatic carbocycles. The second kappa shape index (κ2) is 5.30. The fraction of sp³-hybridized carbons (Fsp3) is 0.154. The first kappa shape index (κ1) is 14.0. The predicted molar refractivity (Wildman–Crippen MR) is 83.1 cm³/mol. The maximum atomic E-state index is 12.1. The fourth-order valence-corrected chi connectivity index (χ4v) is 2.10. The van der Waals surface area contributed by atoms with Gasteiger partial charge in [-0.1, -0.05) is 30.4 Å². The highest BCUT2D eigenvalue weighted by atomic mass is 32.1. The minimum Gasteiger partial charge on any atom is -0.384 e. The van der Waals surface area contributed by atoms with E-state index in [0.29, 0.717) is 0 Å². The van der Waals surface area contributed by atoms with Gasteiger partial charge in [-0.15, -0.1) is 0 Å². The Morgan fingerprint density at radius 2 is 1.75 bits per heavy atom. The van der Waals surface area contributed by atoms with Crippen LogP contribution in [0, 0.1) is 0 Å². The summed E-state index contributed by atoms with van der Waals surface area (Å²) in [4.78, 5) is 24.0. The van der Waals surface area contributed by atoms with E-state index < -0.39 is 11.2 Å². The molecule has 0 spiro atoms. The SMILES string of the molecule is Cn1c(N)c(C(=S)Nc2ccccc2)c(=O)n(C)c1=O. The zero-order valence-corrected chi connectivity index (χ0v) is 11.9. The Kier molecular flexibility index (Phi) is 3.71. The number of nitrogens with one attached hydrogen (secondary N) is 1. The van der Waals surface area contributed by atoms with Crippen molar-refractivity contribution in [2.75, 3.05) is 11.1 Å². The van der Waals surface area contributed by atoms with E-state index in [1.165, 1.54) is 18.7 Å². The second-order valence-electron chi connectivity index (χ2n) is 4.29. The van der Waals surface area contributed by atoms with Crippen LogP contribution in [0.3, 0.4) is 0 Å². The lowest BCUT2D eigenvalue weighted by molar-refractivity contribution is 0.692. The summed E-state index contributed by atoms with van der Waals surface area (Å²) in [6, 6.07) is 9.18. The van der Waals surface area contributed by atoms with Gasteiger partial charge in [0.2, 0.25) is 0 Å². The van der Waals surface area contributed by atoms with E-state index >= 15 is 0 Å². The van der Waals surface area contributed by atoms with Crippen molar-refractivity contribution in [3.63, 3.8) is 0 Å². The molecule has 0 aliphatic carbocycles. The summed E-state index contributed by atoms with van der Waals surface area (Å²) in [6.07, 6.45) is 0. The van der Waals surface area contributed by atoms with Crippen molar-refractivity contribution in [3.8, 4) is 0 Å². The molecule has 0 saturated heterocycles. The molecule has 2 aromatic rings. The maximum Gasteiger partial charge on any atom is 0.332 e. The van der Waals surface area contributed by atoms with Crippen LogP contribution < -0.4 is 22.3 Å². The van der Waals surface area contributed by atoms with Crippen LogP contribution in [0.25, 0.3) is 0 Å². The molecule has 7 heteroatoms. The zero-order chi connectivity index (χ0) is 14.9. The molecule has 0 aliphatic rings. The third-order valence-electron chi connectivity index (χ3n) is 2.97. The Bertz CT molecular complexity index is 777. The van der Waals surface area contributed by atoms with E-state index in [9.17, 15) is 9.59 Å². The van der Waals surface area contributed by atoms with Crippen LogP contribution in [0.1, 0.15) is 5.56 Å². The summed E-state index contributed by atoms with van der Waals surface area (Å²) in [6.45, 7) is 0. The third kappa shape index (κ3) is 2.35. The summed E-state index contributed by atoms with van der Waals surface area (Å²) in [5.74, 6) is 0.0477. The van der Waals surface area contributed by atoms with Crippen molar-refractivity contribution in [1.82, 2.24) is 9.13 Å². The van der Waals surface area contributed by atoms with Gasteiger partial charge in [0.05, 0.1) is 0 Å². The molecule has 0 bridgehead atoms. The number of nitrogen functional groups attached to an aromatic ring is 1. The first-order chi connectivity index (χ1) is 9.43. The highest BCUT2D eigenvalue weighted by molar-refractivity contribution is 7.81. The Morgan fingerprint density at radius 3 is 2.35 bits per heavy atom. The van der Waals surface area contributed by atoms with Gasteiger partial charge < -0.3 is 11.1 Å². The Morgan fingerprint density at radius 1 is 1.15 bits per heavy atom. The van der Waals surface area contributed by atoms with Crippen LogP contribution in [0.4, 0.5) is 11.5 Å². The van der Waals surface area contributed by atoms with E-state index in [1.807, 2.05) is 30.3 Å². The van der Waals surface area contributed by atoms with Crippen LogP contribution in [-0.4, -0.2) is 14.1 Å². The summed E-state index contributed by atoms with van der Waals surface area (Å²) >= 11 is 5.22. The van der Waals surface area contributed by atoms with Crippen LogP contribution in [-0.2, 0) is 14.1 Å². The average molecular weight is 290 g/mol. The molecule has 0 atom stereocenters. The molecule has 0 radical (unpaired) electrons. The number of thiocarbonyl (C=S) groups is 1. The quantitative estimate of drug-likeness (QED) is 0.785. The minimum absolute atomic E-state index is 0.0477. The number of benzene rings is 1. The van der Waals surface area contributed by atoms with Gasteiger partial charge in [-0.25, -0.2) is 4.79 Å². The molecule has 0 aliphatic heterocycles. The molecule has 20 heavy (non-hydrogen) atoms. The Balaban J connectivity index is 2.51. The van der Waals surface area contributed by atoms with Gasteiger partial charge in [-0.05, 0) is 12.1 Å². The molecule has 0 amide bonds. The summed E-state index contributed by atoms with van der Waals surface area (Å²) in [5.41, 5.74) is 5.69. The van der Waals surface area contributed by atoms with Crippen molar-refractivity contribution in [2.45, 2.75) is 0 Å². The Labute approximate surface area is 120 Å². The molecular formula is C13H14N4O2S. The number of para-hydroxylation sites is 1. The third-order valence-corrected chi connectivity index (χ3v) is 3.27. The molecule has 1 heterocycles. The monoisotopic (exact) mass is 290 g/mol. The van der Waals surface area contributed by atoms with Gasteiger partial charge in [0, 0.05) is 19.8 Å². The first-order valence-corrected chi connectivity index (χ1v) is 6.26. The van der Waals surface area contributed by atoms with Gasteiger partial charge in [0.1, 0.15) is 16.4 Å². The van der Waals surface area contributed by atoms with Gasteiger partial charge in [-0.2, -0.15) is 0 Å². The largest absolute Gasteiger partial charge is 0.384 e. The number of aromatic nitrogens is 2. The number of nitrogens with two attached hydrogens (primary N) is 1. The molecule has 2 rings (SSSR count). The van der Waals surface area contributed by atoms with Gasteiger partial charge in [0.25, 0.3) is 5.56 Å². The molecule has 0 unspecified atom stereocenters. The van der Waals surface area contributed by atoms with Crippen molar-refractivity contribution >= 4 is 28.7 Å². The molecule has 6 nitrogen and oxygen atoms in total. The summed E-state index contributed by atoms with van der Waals surface area (Å²) < 4.78 is 2.17. The van der Waals surface area contributed by atoms with Crippen molar-refractivity contribution < 1.29 is 0 Å². The van der Waals surface area contributed by atoms with Crippen molar-refractivity contribution in [3.05, 3.63) is 56.7 Å². The Hall–Kier alpha value is -2.41. The fourth-order valence-electron chi connectivity index (χ4n) is 1.79. The minimum atomic E-state index is -0.515. The van der Waals surface area contributed by atoms with Crippen LogP contribution >= 0.6 is 12.2 Å². The van der Waals surface area contributed by atoms with Gasteiger partial charge >= 0.3 is 5.69 Å². The lowest BCUT2D eigenvalue weighted by Gasteiger charge is -2.13. The van der Waals surface area contributed by atoms with E-state index in [4.69, 9.17) is 18.0 Å². The highest BCUT2D eigenvalue weighted by Crippen LogP contribution is 2.10. The molecule has 0 saturated carbocycles. The smallest absolute Gasteiger partial charge is 0.332 e. The molecule has 0 fully saturated rings.